The van der Waals surface area contributed by atoms with Crippen LogP contribution in [-0.4, -0.2) is 42.3 Å². The van der Waals surface area contributed by atoms with Gasteiger partial charge >= 0.3 is 0 Å². The molecule has 1 N–H and O–H groups in total. The summed E-state index contributed by atoms with van der Waals surface area (Å²) in [6.45, 7) is 0.532. The maximum absolute atomic E-state index is 13.3. The fourth-order valence-electron chi connectivity index (χ4n) is 5.21. The van der Waals surface area contributed by atoms with Gasteiger partial charge in [-0.3, -0.25) is 4.79 Å². The highest BCUT2D eigenvalue weighted by molar-refractivity contribution is 5.92. The highest BCUT2D eigenvalue weighted by Gasteiger charge is 2.50. The van der Waals surface area contributed by atoms with E-state index >= 15 is 0 Å². The number of hydrogen-bond donors (Lipinski definition) is 1. The highest BCUT2D eigenvalue weighted by atomic mass is 16.5. The van der Waals surface area contributed by atoms with Gasteiger partial charge in [0.25, 0.3) is 0 Å². The molecular weight excluding hydrogens is 390 g/mol. The maximum atomic E-state index is 13.3. The van der Waals surface area contributed by atoms with Crippen molar-refractivity contribution in [1.82, 2.24) is 4.90 Å². The second-order valence-electron chi connectivity index (χ2n) is 8.54. The molecule has 0 spiro atoms. The van der Waals surface area contributed by atoms with E-state index in [1.54, 1.807) is 20.3 Å². The van der Waals surface area contributed by atoms with Crippen LogP contribution in [0.3, 0.4) is 0 Å². The normalized spacial score (nSPS) is 25.8. The summed E-state index contributed by atoms with van der Waals surface area (Å²) in [7, 11) is 3.23. The van der Waals surface area contributed by atoms with Gasteiger partial charge in [-0.15, -0.1) is 0 Å². The molecule has 1 aliphatic heterocycles. The Kier molecular flexibility index (Phi) is 6.33. The fourth-order valence-corrected chi connectivity index (χ4v) is 5.21. The van der Waals surface area contributed by atoms with E-state index in [0.717, 1.165) is 36.8 Å². The highest BCUT2D eigenvalue weighted by Crippen LogP contribution is 2.50. The molecule has 164 valence electrons. The Hall–Kier alpha value is -2.79. The van der Waals surface area contributed by atoms with Crippen LogP contribution in [0.2, 0.25) is 0 Å². The first kappa shape index (κ1) is 21.4. The van der Waals surface area contributed by atoms with Gasteiger partial charge in [-0.25, -0.2) is 0 Å². The molecule has 4 rings (SSSR count). The molecule has 0 bridgehead atoms. The summed E-state index contributed by atoms with van der Waals surface area (Å²) in [6.07, 6.45) is 7.93. The van der Waals surface area contributed by atoms with E-state index in [4.69, 9.17) is 9.47 Å². The summed E-state index contributed by atoms with van der Waals surface area (Å²) in [5.41, 5.74) is 1.24. The van der Waals surface area contributed by atoms with Gasteiger partial charge in [0, 0.05) is 18.5 Å². The molecule has 2 aromatic carbocycles. The van der Waals surface area contributed by atoms with Crippen LogP contribution in [0.25, 0.3) is 6.08 Å². The number of benzene rings is 2. The minimum absolute atomic E-state index is 0.00202. The van der Waals surface area contributed by atoms with Crippen molar-refractivity contribution in [2.75, 3.05) is 20.8 Å². The van der Waals surface area contributed by atoms with E-state index in [1.165, 1.54) is 0 Å². The van der Waals surface area contributed by atoms with Gasteiger partial charge in [-0.05, 0) is 48.6 Å². The number of amides is 1. The van der Waals surface area contributed by atoms with Gasteiger partial charge in [0.1, 0.15) is 0 Å². The molecule has 2 aliphatic rings. The molecule has 1 aliphatic carbocycles. The van der Waals surface area contributed by atoms with Crippen LogP contribution >= 0.6 is 0 Å². The zero-order valence-corrected chi connectivity index (χ0v) is 18.3. The minimum Gasteiger partial charge on any atom is -0.493 e. The number of carbonyl (C=O) groups is 1. The predicted octanol–water partition coefficient (Wildman–Crippen LogP) is 4.61. The molecule has 3 unspecified atom stereocenters. The first-order valence-electron chi connectivity index (χ1n) is 11.0. The molecule has 2 fully saturated rings. The Bertz CT molecular complexity index is 942. The number of piperidine rings is 1. The quantitative estimate of drug-likeness (QED) is 0.716. The van der Waals surface area contributed by atoms with Crippen LogP contribution < -0.4 is 9.47 Å². The van der Waals surface area contributed by atoms with Gasteiger partial charge < -0.3 is 19.5 Å². The number of carbonyl (C=O) groups excluding carboxylic acids is 1. The van der Waals surface area contributed by atoms with Gasteiger partial charge in [-0.1, -0.05) is 49.2 Å². The van der Waals surface area contributed by atoms with Crippen molar-refractivity contribution in [1.29, 1.82) is 0 Å². The monoisotopic (exact) mass is 421 g/mol. The van der Waals surface area contributed by atoms with E-state index in [1.807, 2.05) is 59.5 Å². The van der Waals surface area contributed by atoms with E-state index in [-0.39, 0.29) is 17.9 Å². The number of likely N-dealkylation sites (tertiary alicyclic amines) is 1. The molecule has 2 aromatic rings. The van der Waals surface area contributed by atoms with Gasteiger partial charge in [0.15, 0.2) is 11.5 Å². The van der Waals surface area contributed by atoms with Crippen molar-refractivity contribution in [3.8, 4) is 11.5 Å². The molecule has 0 aromatic heterocycles. The van der Waals surface area contributed by atoms with E-state index in [0.29, 0.717) is 24.5 Å². The van der Waals surface area contributed by atoms with Crippen molar-refractivity contribution in [2.45, 2.75) is 43.7 Å². The molecule has 5 nitrogen and oxygen atoms in total. The number of methoxy groups -OCH3 is 2. The largest absolute Gasteiger partial charge is 0.493 e. The molecule has 3 atom stereocenters. The summed E-state index contributed by atoms with van der Waals surface area (Å²) in [5.74, 6) is 1.26. The Labute approximate surface area is 184 Å². The van der Waals surface area contributed by atoms with E-state index in [2.05, 4.69) is 0 Å². The molecule has 5 heteroatoms. The molecule has 1 amide bonds. The topological polar surface area (TPSA) is 59.0 Å². The lowest BCUT2D eigenvalue weighted by atomic mass is 9.66. The summed E-state index contributed by atoms with van der Waals surface area (Å²) >= 11 is 0. The Morgan fingerprint density at radius 2 is 1.84 bits per heavy atom. The van der Waals surface area contributed by atoms with Crippen molar-refractivity contribution in [3.05, 3.63) is 65.7 Å². The molecule has 1 saturated carbocycles. The van der Waals surface area contributed by atoms with Crippen LogP contribution in [0.4, 0.5) is 0 Å². The number of fused-ring (bicyclic) bond motifs is 1. The van der Waals surface area contributed by atoms with Gasteiger partial charge in [0.05, 0.1) is 25.9 Å². The maximum Gasteiger partial charge on any atom is 0.247 e. The Balaban J connectivity index is 1.70. The number of aliphatic hydroxyl groups is 1. The van der Waals surface area contributed by atoms with Crippen molar-refractivity contribution in [3.63, 3.8) is 0 Å². The molecular formula is C26H31NO4. The third-order valence-corrected chi connectivity index (χ3v) is 6.82. The number of nitrogens with zero attached hydrogens (tertiary/aromatic N) is 1. The van der Waals surface area contributed by atoms with Crippen molar-refractivity contribution in [2.24, 2.45) is 5.92 Å². The lowest BCUT2D eigenvalue weighted by Crippen LogP contribution is -2.56. The SMILES string of the molecule is COc1ccc(C2C3CCCCC3(O)CCN2C(=O)C=Cc2ccccc2)cc1OC. The second kappa shape index (κ2) is 9.15. The predicted molar refractivity (Wildman–Crippen MR) is 121 cm³/mol. The minimum atomic E-state index is -0.726. The summed E-state index contributed by atoms with van der Waals surface area (Å²) in [4.78, 5) is 15.2. The van der Waals surface area contributed by atoms with Crippen molar-refractivity contribution >= 4 is 12.0 Å². The van der Waals surface area contributed by atoms with Crippen LogP contribution in [0.5, 0.6) is 11.5 Å². The number of rotatable bonds is 5. The zero-order chi connectivity index (χ0) is 21.8. The van der Waals surface area contributed by atoms with Crippen LogP contribution in [0.1, 0.15) is 49.3 Å². The van der Waals surface area contributed by atoms with Crippen molar-refractivity contribution < 1.29 is 19.4 Å². The van der Waals surface area contributed by atoms with Gasteiger partial charge in [-0.2, -0.15) is 0 Å². The first-order valence-corrected chi connectivity index (χ1v) is 11.0. The average Bonchev–Trinajstić information content (AvgIpc) is 2.81. The second-order valence-corrected chi connectivity index (χ2v) is 8.54. The van der Waals surface area contributed by atoms with E-state index in [9.17, 15) is 9.90 Å². The zero-order valence-electron chi connectivity index (χ0n) is 18.3. The Morgan fingerprint density at radius 3 is 2.58 bits per heavy atom. The molecule has 0 radical (unpaired) electrons. The first-order chi connectivity index (χ1) is 15.1. The third kappa shape index (κ3) is 4.33. The third-order valence-electron chi connectivity index (χ3n) is 6.82. The number of ether oxygens (including phenoxy) is 2. The van der Waals surface area contributed by atoms with Crippen LogP contribution in [-0.2, 0) is 4.79 Å². The summed E-state index contributed by atoms with van der Waals surface area (Å²) in [5, 5.41) is 11.4. The summed E-state index contributed by atoms with van der Waals surface area (Å²) < 4.78 is 10.9. The van der Waals surface area contributed by atoms with Crippen LogP contribution in [0.15, 0.2) is 54.6 Å². The smallest absolute Gasteiger partial charge is 0.247 e. The number of hydrogen-bond acceptors (Lipinski definition) is 4. The lowest BCUT2D eigenvalue weighted by Gasteiger charge is -2.52. The lowest BCUT2D eigenvalue weighted by molar-refractivity contribution is -0.150. The standard InChI is InChI=1S/C26H31NO4/c1-30-22-13-12-20(18-23(22)31-2)25-21-10-6-7-15-26(21,29)16-17-27(25)24(28)14-11-19-8-4-3-5-9-19/h3-5,8-9,11-14,18,21,25,29H,6-7,10,15-17H2,1-2H3. The fraction of sp³-hybridized carbons (Fsp3) is 0.423. The Morgan fingerprint density at radius 1 is 1.06 bits per heavy atom. The average molecular weight is 422 g/mol. The summed E-state index contributed by atoms with van der Waals surface area (Å²) in [6, 6.07) is 15.5. The van der Waals surface area contributed by atoms with E-state index < -0.39 is 5.60 Å². The molecule has 1 heterocycles. The van der Waals surface area contributed by atoms with Crippen LogP contribution in [0, 0.1) is 5.92 Å². The molecule has 31 heavy (non-hydrogen) atoms. The van der Waals surface area contributed by atoms with Gasteiger partial charge in [0.2, 0.25) is 5.91 Å². The molecule has 1 saturated heterocycles.